The van der Waals surface area contributed by atoms with Crippen molar-refractivity contribution in [3.63, 3.8) is 0 Å². The molecule has 1 aromatic rings. The fraction of sp³-hybridized carbons (Fsp3) is 0.750. The average Bonchev–Trinajstić information content (AvgIpc) is 2.71. The van der Waals surface area contributed by atoms with Gasteiger partial charge in [-0.15, -0.1) is 5.10 Å². The lowest BCUT2D eigenvalue weighted by atomic mass is 10.3. The van der Waals surface area contributed by atoms with Gasteiger partial charge in [0.05, 0.1) is 6.20 Å². The number of likely N-dealkylation sites (N-methyl/N-ethyl adjacent to an activating group) is 1. The summed E-state index contributed by atoms with van der Waals surface area (Å²) in [4.78, 5) is 2.31. The molecule has 1 aliphatic heterocycles. The van der Waals surface area contributed by atoms with Crippen molar-refractivity contribution in [1.82, 2.24) is 20.3 Å². The van der Waals surface area contributed by atoms with Gasteiger partial charge < -0.3 is 10.2 Å². The van der Waals surface area contributed by atoms with Crippen LogP contribution in [0.3, 0.4) is 0 Å². The summed E-state index contributed by atoms with van der Waals surface area (Å²) in [5.74, 6) is 1.11. The van der Waals surface area contributed by atoms with Crippen LogP contribution >= 0.6 is 0 Å². The van der Waals surface area contributed by atoms with E-state index in [-0.39, 0.29) is 0 Å². The number of hydrogen-bond donors (Lipinski definition) is 1. The lowest BCUT2D eigenvalue weighted by Crippen LogP contribution is -2.30. The van der Waals surface area contributed by atoms with Crippen LogP contribution in [0, 0.1) is 0 Å². The molecule has 1 atom stereocenters. The summed E-state index contributed by atoms with van der Waals surface area (Å²) < 4.78 is 1.82. The first-order valence-electron chi connectivity index (χ1n) is 4.58. The van der Waals surface area contributed by atoms with Crippen LogP contribution in [0.15, 0.2) is 6.20 Å². The minimum absolute atomic E-state index is 0.606. The van der Waals surface area contributed by atoms with Crippen LogP contribution in [0.25, 0.3) is 0 Å². The Hall–Kier alpha value is -1.10. The van der Waals surface area contributed by atoms with Crippen molar-refractivity contribution in [3.8, 4) is 0 Å². The fourth-order valence-electron chi connectivity index (χ4n) is 1.77. The summed E-state index contributed by atoms with van der Waals surface area (Å²) in [5.41, 5.74) is 0. The molecule has 0 aromatic carbocycles. The molecule has 0 aliphatic carbocycles. The molecule has 1 aliphatic rings. The third-order valence-electron chi connectivity index (χ3n) is 2.61. The molecule has 2 rings (SSSR count). The predicted octanol–water partition coefficient (Wildman–Crippen LogP) is -0.387. The zero-order chi connectivity index (χ0) is 9.26. The Labute approximate surface area is 77.7 Å². The van der Waals surface area contributed by atoms with Crippen molar-refractivity contribution in [3.05, 3.63) is 6.20 Å². The number of nitrogens with one attached hydrogen (secondary N) is 1. The molecule has 13 heavy (non-hydrogen) atoms. The van der Waals surface area contributed by atoms with Crippen LogP contribution in [0.2, 0.25) is 0 Å². The van der Waals surface area contributed by atoms with Crippen molar-refractivity contribution in [2.24, 2.45) is 7.05 Å². The van der Waals surface area contributed by atoms with Gasteiger partial charge in [-0.25, -0.2) is 4.68 Å². The van der Waals surface area contributed by atoms with E-state index in [9.17, 15) is 0 Å². The molecule has 2 heterocycles. The molecule has 0 spiro atoms. The van der Waals surface area contributed by atoms with Crippen LogP contribution in [-0.4, -0.2) is 41.2 Å². The van der Waals surface area contributed by atoms with E-state index in [0.717, 1.165) is 18.9 Å². The van der Waals surface area contributed by atoms with Crippen LogP contribution in [0.5, 0.6) is 0 Å². The molecule has 0 bridgehead atoms. The van der Waals surface area contributed by atoms with Crippen molar-refractivity contribution in [2.75, 3.05) is 25.0 Å². The second-order valence-corrected chi connectivity index (χ2v) is 3.44. The van der Waals surface area contributed by atoms with Gasteiger partial charge in [0, 0.05) is 26.2 Å². The summed E-state index contributed by atoms with van der Waals surface area (Å²) in [7, 11) is 3.94. The maximum absolute atomic E-state index is 3.92. The van der Waals surface area contributed by atoms with Crippen LogP contribution in [-0.2, 0) is 7.05 Å². The molecule has 1 unspecified atom stereocenters. The van der Waals surface area contributed by atoms with E-state index in [1.54, 1.807) is 0 Å². The van der Waals surface area contributed by atoms with Gasteiger partial charge in [0.25, 0.3) is 0 Å². The van der Waals surface area contributed by atoms with Crippen molar-refractivity contribution >= 4 is 5.82 Å². The van der Waals surface area contributed by atoms with E-state index in [4.69, 9.17) is 0 Å². The highest BCUT2D eigenvalue weighted by Crippen LogP contribution is 2.17. The predicted molar refractivity (Wildman–Crippen MR) is 50.7 cm³/mol. The highest BCUT2D eigenvalue weighted by molar-refractivity contribution is 5.37. The smallest absolute Gasteiger partial charge is 0.147 e. The number of rotatable bonds is 2. The molecule has 1 saturated heterocycles. The monoisotopic (exact) mass is 181 g/mol. The summed E-state index contributed by atoms with van der Waals surface area (Å²) in [6, 6.07) is 0.606. The summed E-state index contributed by atoms with van der Waals surface area (Å²) in [6.45, 7) is 2.14. The third kappa shape index (κ3) is 1.51. The van der Waals surface area contributed by atoms with Gasteiger partial charge in [-0.3, -0.25) is 0 Å². The Morgan fingerprint density at radius 3 is 3.00 bits per heavy atom. The molecule has 1 N–H and O–H groups in total. The molecule has 0 radical (unpaired) electrons. The van der Waals surface area contributed by atoms with Gasteiger partial charge in [-0.05, 0) is 13.5 Å². The number of anilines is 1. The maximum Gasteiger partial charge on any atom is 0.147 e. The second-order valence-electron chi connectivity index (χ2n) is 3.44. The van der Waals surface area contributed by atoms with E-state index in [1.807, 2.05) is 25.0 Å². The first kappa shape index (κ1) is 8.50. The minimum Gasteiger partial charge on any atom is -0.354 e. The third-order valence-corrected chi connectivity index (χ3v) is 2.61. The van der Waals surface area contributed by atoms with Crippen LogP contribution < -0.4 is 10.2 Å². The standard InChI is InChI=1S/C8H15N5/c1-9-7-3-4-13(6-7)8-5-10-11-12(8)2/h5,7,9H,3-4,6H2,1-2H3. The van der Waals surface area contributed by atoms with Crippen LogP contribution in [0.1, 0.15) is 6.42 Å². The zero-order valence-corrected chi connectivity index (χ0v) is 8.06. The summed E-state index contributed by atoms with van der Waals surface area (Å²) in [6.07, 6.45) is 3.01. The Morgan fingerprint density at radius 2 is 2.46 bits per heavy atom. The molecule has 0 saturated carbocycles. The van der Waals surface area contributed by atoms with Gasteiger partial charge in [0.15, 0.2) is 0 Å². The quantitative estimate of drug-likeness (QED) is 0.675. The number of hydrogen-bond acceptors (Lipinski definition) is 4. The molecule has 1 fully saturated rings. The first-order chi connectivity index (χ1) is 6.31. The van der Waals surface area contributed by atoms with Gasteiger partial charge in [0.1, 0.15) is 5.82 Å². The van der Waals surface area contributed by atoms with Crippen LogP contribution in [0.4, 0.5) is 5.82 Å². The second kappa shape index (κ2) is 3.33. The van der Waals surface area contributed by atoms with Gasteiger partial charge in [-0.1, -0.05) is 5.21 Å². The van der Waals surface area contributed by atoms with Gasteiger partial charge in [0.2, 0.25) is 0 Å². The largest absolute Gasteiger partial charge is 0.354 e. The van der Waals surface area contributed by atoms with E-state index in [1.165, 1.54) is 6.42 Å². The van der Waals surface area contributed by atoms with Crippen molar-refractivity contribution in [2.45, 2.75) is 12.5 Å². The lowest BCUT2D eigenvalue weighted by Gasteiger charge is -2.16. The van der Waals surface area contributed by atoms with E-state index in [0.29, 0.717) is 6.04 Å². The molecule has 0 amide bonds. The molecular weight excluding hydrogens is 166 g/mol. The Morgan fingerprint density at radius 1 is 1.62 bits per heavy atom. The maximum atomic E-state index is 3.92. The molecule has 72 valence electrons. The highest BCUT2D eigenvalue weighted by Gasteiger charge is 2.22. The lowest BCUT2D eigenvalue weighted by molar-refractivity contribution is 0.614. The Balaban J connectivity index is 2.08. The SMILES string of the molecule is CNC1CCN(c2cnnn2C)C1. The Kier molecular flexibility index (Phi) is 2.18. The molecule has 5 nitrogen and oxygen atoms in total. The van der Waals surface area contributed by atoms with Crippen molar-refractivity contribution < 1.29 is 0 Å². The highest BCUT2D eigenvalue weighted by atomic mass is 15.5. The fourth-order valence-corrected chi connectivity index (χ4v) is 1.77. The van der Waals surface area contributed by atoms with E-state index < -0.39 is 0 Å². The van der Waals surface area contributed by atoms with Gasteiger partial charge >= 0.3 is 0 Å². The summed E-state index contributed by atoms with van der Waals surface area (Å²) in [5, 5.41) is 11.1. The van der Waals surface area contributed by atoms with Gasteiger partial charge in [-0.2, -0.15) is 0 Å². The first-order valence-corrected chi connectivity index (χ1v) is 4.58. The Bertz CT molecular complexity index is 282. The number of nitrogens with zero attached hydrogens (tertiary/aromatic N) is 4. The minimum atomic E-state index is 0.606. The van der Waals surface area contributed by atoms with E-state index >= 15 is 0 Å². The number of aryl methyl sites for hydroxylation is 1. The molecule has 1 aromatic heterocycles. The zero-order valence-electron chi connectivity index (χ0n) is 8.06. The molecular formula is C8H15N5. The van der Waals surface area contributed by atoms with Crippen molar-refractivity contribution in [1.29, 1.82) is 0 Å². The number of aromatic nitrogens is 3. The summed E-state index contributed by atoms with van der Waals surface area (Å²) >= 11 is 0. The average molecular weight is 181 g/mol. The van der Waals surface area contributed by atoms with E-state index in [2.05, 4.69) is 20.5 Å². The topological polar surface area (TPSA) is 46.0 Å². The normalized spacial score (nSPS) is 22.6. The molecule has 5 heteroatoms.